The van der Waals surface area contributed by atoms with Gasteiger partial charge < -0.3 is 5.32 Å². The van der Waals surface area contributed by atoms with Gasteiger partial charge in [-0.25, -0.2) is 0 Å². The van der Waals surface area contributed by atoms with Gasteiger partial charge in [0, 0.05) is 24.9 Å². The second kappa shape index (κ2) is 4.23. The standard InChI is InChI=1S/C11H21NO/c1-11(2,3)12-7-6-10(13)8-9-4-5-9/h9,12H,4-8H2,1-3H3. The average molecular weight is 183 g/mol. The predicted molar refractivity (Wildman–Crippen MR) is 54.7 cm³/mol. The first-order valence-corrected chi connectivity index (χ1v) is 5.24. The number of rotatable bonds is 5. The van der Waals surface area contributed by atoms with Crippen LogP contribution in [0.5, 0.6) is 0 Å². The van der Waals surface area contributed by atoms with Crippen molar-refractivity contribution < 1.29 is 4.79 Å². The summed E-state index contributed by atoms with van der Waals surface area (Å²) in [6.07, 6.45) is 4.08. The summed E-state index contributed by atoms with van der Waals surface area (Å²) in [5.41, 5.74) is 0.139. The molecule has 2 heteroatoms. The summed E-state index contributed by atoms with van der Waals surface area (Å²) in [7, 11) is 0. The Morgan fingerprint density at radius 3 is 2.46 bits per heavy atom. The lowest BCUT2D eigenvalue weighted by Gasteiger charge is -2.19. The van der Waals surface area contributed by atoms with Crippen LogP contribution in [-0.4, -0.2) is 17.9 Å². The maximum atomic E-state index is 11.3. The Kier molecular flexibility index (Phi) is 3.48. The van der Waals surface area contributed by atoms with Crippen molar-refractivity contribution in [2.75, 3.05) is 6.54 Å². The molecule has 76 valence electrons. The maximum absolute atomic E-state index is 11.3. The molecule has 1 saturated carbocycles. The monoisotopic (exact) mass is 183 g/mol. The van der Waals surface area contributed by atoms with E-state index in [4.69, 9.17) is 0 Å². The Bertz CT molecular complexity index is 177. The highest BCUT2D eigenvalue weighted by Crippen LogP contribution is 2.32. The van der Waals surface area contributed by atoms with Crippen molar-refractivity contribution in [3.05, 3.63) is 0 Å². The summed E-state index contributed by atoms with van der Waals surface area (Å²) < 4.78 is 0. The van der Waals surface area contributed by atoms with E-state index >= 15 is 0 Å². The lowest BCUT2D eigenvalue weighted by molar-refractivity contribution is -0.119. The van der Waals surface area contributed by atoms with E-state index in [1.54, 1.807) is 0 Å². The fourth-order valence-corrected chi connectivity index (χ4v) is 1.32. The van der Waals surface area contributed by atoms with E-state index in [1.165, 1.54) is 12.8 Å². The summed E-state index contributed by atoms with van der Waals surface area (Å²) in [5.74, 6) is 1.17. The minimum atomic E-state index is 0.139. The van der Waals surface area contributed by atoms with Gasteiger partial charge in [0.05, 0.1) is 0 Å². The van der Waals surface area contributed by atoms with E-state index in [-0.39, 0.29) is 5.54 Å². The molecule has 1 rings (SSSR count). The summed E-state index contributed by atoms with van der Waals surface area (Å²) in [4.78, 5) is 11.3. The number of hydrogen-bond acceptors (Lipinski definition) is 2. The van der Waals surface area contributed by atoms with Gasteiger partial charge in [0.15, 0.2) is 0 Å². The van der Waals surface area contributed by atoms with Gasteiger partial charge in [0.25, 0.3) is 0 Å². The number of carbonyl (C=O) groups is 1. The van der Waals surface area contributed by atoms with E-state index in [1.807, 2.05) is 0 Å². The highest BCUT2D eigenvalue weighted by molar-refractivity contribution is 5.79. The van der Waals surface area contributed by atoms with Crippen molar-refractivity contribution in [1.29, 1.82) is 0 Å². The van der Waals surface area contributed by atoms with Crippen LogP contribution in [0.15, 0.2) is 0 Å². The molecule has 0 aromatic carbocycles. The van der Waals surface area contributed by atoms with Crippen molar-refractivity contribution in [3.63, 3.8) is 0 Å². The summed E-state index contributed by atoms with van der Waals surface area (Å²) in [6.45, 7) is 7.20. The van der Waals surface area contributed by atoms with Gasteiger partial charge in [-0.2, -0.15) is 0 Å². The van der Waals surface area contributed by atoms with Crippen LogP contribution in [0.4, 0.5) is 0 Å². The number of carbonyl (C=O) groups excluding carboxylic acids is 1. The molecular weight excluding hydrogens is 162 g/mol. The van der Waals surface area contributed by atoms with E-state index in [0.717, 1.165) is 18.9 Å². The highest BCUT2D eigenvalue weighted by Gasteiger charge is 2.23. The molecule has 2 nitrogen and oxygen atoms in total. The van der Waals surface area contributed by atoms with Crippen LogP contribution < -0.4 is 5.32 Å². The molecule has 1 N–H and O–H groups in total. The van der Waals surface area contributed by atoms with Crippen molar-refractivity contribution in [1.82, 2.24) is 5.32 Å². The topological polar surface area (TPSA) is 29.1 Å². The number of ketones is 1. The molecule has 0 heterocycles. The van der Waals surface area contributed by atoms with Gasteiger partial charge in [0.1, 0.15) is 5.78 Å². The Morgan fingerprint density at radius 2 is 2.00 bits per heavy atom. The van der Waals surface area contributed by atoms with Crippen LogP contribution >= 0.6 is 0 Å². The SMILES string of the molecule is CC(C)(C)NCCC(=O)CC1CC1. The Morgan fingerprint density at radius 1 is 1.38 bits per heavy atom. The molecule has 1 aliphatic rings. The molecule has 0 saturated heterocycles. The minimum absolute atomic E-state index is 0.139. The Balaban J connectivity index is 2.01. The van der Waals surface area contributed by atoms with Gasteiger partial charge in [0.2, 0.25) is 0 Å². The van der Waals surface area contributed by atoms with Crippen LogP contribution in [0.1, 0.15) is 46.5 Å². The van der Waals surface area contributed by atoms with E-state index < -0.39 is 0 Å². The molecule has 0 bridgehead atoms. The first-order valence-electron chi connectivity index (χ1n) is 5.24. The number of hydrogen-bond donors (Lipinski definition) is 1. The Labute approximate surface area is 81.1 Å². The molecule has 0 radical (unpaired) electrons. The van der Waals surface area contributed by atoms with Crippen molar-refractivity contribution >= 4 is 5.78 Å². The molecule has 0 aromatic heterocycles. The molecule has 0 spiro atoms. The van der Waals surface area contributed by atoms with Crippen LogP contribution in [0.3, 0.4) is 0 Å². The third-order valence-corrected chi connectivity index (χ3v) is 2.27. The van der Waals surface area contributed by atoms with Crippen LogP contribution in [0, 0.1) is 5.92 Å². The quantitative estimate of drug-likeness (QED) is 0.707. The van der Waals surface area contributed by atoms with Gasteiger partial charge >= 0.3 is 0 Å². The molecule has 0 atom stereocenters. The van der Waals surface area contributed by atoms with Crippen molar-refractivity contribution in [3.8, 4) is 0 Å². The van der Waals surface area contributed by atoms with Gasteiger partial charge in [-0.15, -0.1) is 0 Å². The molecule has 0 aliphatic heterocycles. The van der Waals surface area contributed by atoms with Gasteiger partial charge in [-0.1, -0.05) is 0 Å². The lowest BCUT2D eigenvalue weighted by Crippen LogP contribution is -2.37. The highest BCUT2D eigenvalue weighted by atomic mass is 16.1. The van der Waals surface area contributed by atoms with E-state index in [9.17, 15) is 4.79 Å². The van der Waals surface area contributed by atoms with Crippen LogP contribution in [0.25, 0.3) is 0 Å². The summed E-state index contributed by atoms with van der Waals surface area (Å²) in [6, 6.07) is 0. The smallest absolute Gasteiger partial charge is 0.134 e. The zero-order valence-corrected chi connectivity index (χ0v) is 9.02. The molecule has 0 unspecified atom stereocenters. The minimum Gasteiger partial charge on any atom is -0.312 e. The van der Waals surface area contributed by atoms with Gasteiger partial charge in [-0.3, -0.25) is 4.79 Å². The molecule has 1 aliphatic carbocycles. The molecule has 0 aromatic rings. The fourth-order valence-electron chi connectivity index (χ4n) is 1.32. The first-order chi connectivity index (χ1) is 5.97. The van der Waals surface area contributed by atoms with E-state index in [2.05, 4.69) is 26.1 Å². The van der Waals surface area contributed by atoms with Gasteiger partial charge in [-0.05, 0) is 39.5 Å². The Hall–Kier alpha value is -0.370. The molecule has 0 amide bonds. The van der Waals surface area contributed by atoms with Crippen LogP contribution in [-0.2, 0) is 4.79 Å². The maximum Gasteiger partial charge on any atom is 0.134 e. The third kappa shape index (κ3) is 5.81. The zero-order valence-electron chi connectivity index (χ0n) is 9.02. The van der Waals surface area contributed by atoms with Crippen LogP contribution in [0.2, 0.25) is 0 Å². The van der Waals surface area contributed by atoms with Crippen molar-refractivity contribution in [2.24, 2.45) is 5.92 Å². The normalized spacial score (nSPS) is 17.5. The predicted octanol–water partition coefficient (Wildman–Crippen LogP) is 2.13. The fraction of sp³-hybridized carbons (Fsp3) is 0.909. The second-order valence-corrected chi connectivity index (χ2v) is 5.11. The third-order valence-electron chi connectivity index (χ3n) is 2.27. The number of nitrogens with one attached hydrogen (secondary N) is 1. The zero-order chi connectivity index (χ0) is 9.90. The average Bonchev–Trinajstić information content (AvgIpc) is 2.68. The molecular formula is C11H21NO. The van der Waals surface area contributed by atoms with Crippen molar-refractivity contribution in [2.45, 2.75) is 52.0 Å². The van der Waals surface area contributed by atoms with E-state index in [0.29, 0.717) is 12.2 Å². The number of Topliss-reactive ketones (excluding diaryl/α,β-unsaturated/α-hetero) is 1. The summed E-state index contributed by atoms with van der Waals surface area (Å²) in [5, 5.41) is 3.33. The summed E-state index contributed by atoms with van der Waals surface area (Å²) >= 11 is 0. The molecule has 1 fully saturated rings. The largest absolute Gasteiger partial charge is 0.312 e. The molecule has 13 heavy (non-hydrogen) atoms. The lowest BCUT2D eigenvalue weighted by atomic mass is 10.1. The second-order valence-electron chi connectivity index (χ2n) is 5.11. The first kappa shape index (κ1) is 10.7.